The van der Waals surface area contributed by atoms with Crippen molar-refractivity contribution in [3.05, 3.63) is 143 Å². The van der Waals surface area contributed by atoms with Crippen LogP contribution < -0.4 is 0 Å². The molecule has 0 saturated carbocycles. The summed E-state index contributed by atoms with van der Waals surface area (Å²) in [6, 6.07) is 28.7. The number of rotatable bonds is 12. The van der Waals surface area contributed by atoms with Crippen molar-refractivity contribution >= 4 is 41.5 Å². The van der Waals surface area contributed by atoms with Crippen molar-refractivity contribution < 1.29 is 42.6 Å². The van der Waals surface area contributed by atoms with Gasteiger partial charge in [0.15, 0.2) is 24.2 Å². The van der Waals surface area contributed by atoms with E-state index in [4.69, 9.17) is 30.3 Å². The largest absolute Gasteiger partial charge is 0.476 e. The number of carboxylic acids is 1. The molecule has 3 aromatic carbocycles. The van der Waals surface area contributed by atoms with Gasteiger partial charge >= 0.3 is 17.9 Å². The highest BCUT2D eigenvalue weighted by Crippen LogP contribution is 2.15. The molecule has 0 aliphatic carbocycles. The number of aliphatic imine (C=N–C) groups is 1. The minimum atomic E-state index is -1.06. The third-order valence-corrected chi connectivity index (χ3v) is 6.23. The van der Waals surface area contributed by atoms with Gasteiger partial charge in [-0.2, -0.15) is 0 Å². The molecule has 0 amide bonds. The van der Waals surface area contributed by atoms with Crippen LogP contribution in [-0.4, -0.2) is 64.7 Å². The number of aromatic carboxylic acids is 1. The summed E-state index contributed by atoms with van der Waals surface area (Å²) in [6.07, 6.45) is 3.73. The fourth-order valence-corrected chi connectivity index (χ4v) is 4.10. The Morgan fingerprint density at radius 3 is 1.57 bits per heavy atom. The molecule has 0 spiro atoms. The van der Waals surface area contributed by atoms with Crippen LogP contribution in [0, 0.1) is 0 Å². The summed E-state index contributed by atoms with van der Waals surface area (Å²) in [5.41, 5.74) is 3.27. The molecule has 1 N–H and O–H groups in total. The van der Waals surface area contributed by atoms with Gasteiger partial charge < -0.3 is 23.4 Å². The van der Waals surface area contributed by atoms with Crippen LogP contribution in [0.4, 0.5) is 0 Å². The molecule has 5 aromatic rings. The van der Waals surface area contributed by atoms with Gasteiger partial charge in [-0.25, -0.2) is 19.6 Å². The predicted octanol–water partition coefficient (Wildman–Crippen LogP) is 7.29. The number of nitrogens with zero attached hydrogens (tertiary/aromatic N) is 3. The van der Waals surface area contributed by atoms with Gasteiger partial charge in [0, 0.05) is 19.3 Å². The van der Waals surface area contributed by atoms with Crippen molar-refractivity contribution in [1.29, 1.82) is 0 Å². The maximum absolute atomic E-state index is 11.6. The standard InChI is InChI=1S/C13H13NO3.C11H9NO3.C8H7ClO.C5H9NO2.CH4/c1-2-16-13(15)12-11(17-9-14-12)8-10-6-4-3-5-7-10;13-11(14)10-9(15-7-12-10)6-8-4-2-1-3-5-8;9-8(10)6-7-4-2-1-3-5-7;1-3-8-5(7)4-6-2;/h3-7,9H,2,8H2,1H3;1-5,7H,6H2,(H,13,14);1-5H,6H2;2-4H2,1H3;1H4. The first-order valence-electron chi connectivity index (χ1n) is 15.3. The monoisotopic (exact) mass is 719 g/mol. The van der Waals surface area contributed by atoms with Gasteiger partial charge in [-0.3, -0.25) is 14.6 Å². The zero-order valence-corrected chi connectivity index (χ0v) is 28.5. The normalized spacial score (nSPS) is 9.47. The minimum Gasteiger partial charge on any atom is -0.476 e. The number of halogens is 1. The first-order chi connectivity index (χ1) is 24.2. The van der Waals surface area contributed by atoms with Crippen LogP contribution in [0.1, 0.15) is 70.5 Å². The smallest absolute Gasteiger partial charge is 0.360 e. The maximum atomic E-state index is 11.6. The van der Waals surface area contributed by atoms with Crippen LogP contribution in [0.15, 0.2) is 118 Å². The number of aromatic nitrogens is 2. The summed E-state index contributed by atoms with van der Waals surface area (Å²) in [7, 11) is 0. The summed E-state index contributed by atoms with van der Waals surface area (Å²) >= 11 is 5.17. The number of oxazole rings is 2. The molecule has 13 heteroatoms. The Morgan fingerprint density at radius 2 is 1.16 bits per heavy atom. The van der Waals surface area contributed by atoms with E-state index >= 15 is 0 Å². The molecule has 270 valence electrons. The van der Waals surface area contributed by atoms with Crippen molar-refractivity contribution in [3.63, 3.8) is 0 Å². The lowest BCUT2D eigenvalue weighted by atomic mass is 10.1. The number of hydrogen-bond donors (Lipinski definition) is 1. The summed E-state index contributed by atoms with van der Waals surface area (Å²) in [5, 5.41) is 8.50. The van der Waals surface area contributed by atoms with Gasteiger partial charge in [0.05, 0.1) is 13.2 Å². The summed E-state index contributed by atoms with van der Waals surface area (Å²) in [4.78, 5) is 53.9. The maximum Gasteiger partial charge on any atom is 0.360 e. The lowest BCUT2D eigenvalue weighted by molar-refractivity contribution is -0.141. The van der Waals surface area contributed by atoms with Crippen LogP contribution in [0.5, 0.6) is 0 Å². The first-order valence-corrected chi connectivity index (χ1v) is 15.7. The van der Waals surface area contributed by atoms with Gasteiger partial charge in [-0.15, -0.1) is 0 Å². The molecule has 12 nitrogen and oxygen atoms in total. The van der Waals surface area contributed by atoms with Crippen LogP contribution in [0.3, 0.4) is 0 Å². The number of benzene rings is 3. The number of carbonyl (C=O) groups excluding carboxylic acids is 3. The molecule has 0 radical (unpaired) electrons. The third-order valence-electron chi connectivity index (χ3n) is 6.10. The average Bonchev–Trinajstić information content (AvgIpc) is 3.77. The fraction of sp³-hybridized carbons (Fsp3) is 0.237. The van der Waals surface area contributed by atoms with Crippen LogP contribution in [0.25, 0.3) is 0 Å². The van der Waals surface area contributed by atoms with E-state index in [1.807, 2.05) is 91.0 Å². The number of carbonyl (C=O) groups is 4. The molecule has 0 aliphatic rings. The van der Waals surface area contributed by atoms with Crippen molar-refractivity contribution in [2.24, 2.45) is 4.99 Å². The summed E-state index contributed by atoms with van der Waals surface area (Å²) in [6.45, 7) is 7.45. The topological polar surface area (TPSA) is 171 Å². The zero-order chi connectivity index (χ0) is 36.6. The quantitative estimate of drug-likeness (QED) is 0.0780. The van der Waals surface area contributed by atoms with E-state index in [1.54, 1.807) is 13.8 Å². The van der Waals surface area contributed by atoms with Crippen LogP contribution in [0.2, 0.25) is 0 Å². The molecule has 5 rings (SSSR count). The van der Waals surface area contributed by atoms with Crippen LogP contribution in [-0.2, 0) is 38.3 Å². The molecule has 2 aromatic heterocycles. The second-order valence-electron chi connectivity index (χ2n) is 9.80. The van der Waals surface area contributed by atoms with Crippen molar-refractivity contribution in [2.45, 2.75) is 40.5 Å². The molecule has 0 atom stereocenters. The number of carboxylic acid groups (broad SMARTS) is 1. The third kappa shape index (κ3) is 17.4. The number of esters is 2. The van der Waals surface area contributed by atoms with E-state index in [0.717, 1.165) is 23.1 Å². The SMILES string of the molecule is C.C=NCC(=O)OCC.CCOC(=O)c1ncoc1Cc1ccccc1.O=C(Cl)Cc1ccccc1.O=C(O)c1ncoc1Cc1ccccc1. The molecule has 0 unspecified atom stereocenters. The molecular formula is C38H42ClN3O9. The summed E-state index contributed by atoms with van der Waals surface area (Å²) < 4.78 is 19.7. The molecule has 0 fully saturated rings. The Morgan fingerprint density at radius 1 is 0.725 bits per heavy atom. The second kappa shape index (κ2) is 25.1. The number of hydrogen-bond acceptors (Lipinski definition) is 11. The Kier molecular flexibility index (Phi) is 21.3. The van der Waals surface area contributed by atoms with Crippen LogP contribution >= 0.6 is 11.6 Å². The molecule has 0 aliphatic heterocycles. The Hall–Kier alpha value is -5.88. The lowest BCUT2D eigenvalue weighted by Gasteiger charge is -2.01. The minimum absolute atomic E-state index is 0. The van der Waals surface area contributed by atoms with Gasteiger partial charge in [0.25, 0.3) is 0 Å². The molecule has 2 heterocycles. The highest BCUT2D eigenvalue weighted by molar-refractivity contribution is 6.63. The van der Waals surface area contributed by atoms with E-state index in [2.05, 4.69) is 26.4 Å². The van der Waals surface area contributed by atoms with Crippen molar-refractivity contribution in [3.8, 4) is 0 Å². The average molecular weight is 720 g/mol. The Bertz CT molecular complexity index is 1740. The Labute approximate surface area is 302 Å². The van der Waals surface area contributed by atoms with E-state index < -0.39 is 11.9 Å². The van der Waals surface area contributed by atoms with E-state index in [-0.39, 0.29) is 36.6 Å². The Balaban J connectivity index is 0.000000352. The van der Waals surface area contributed by atoms with E-state index in [0.29, 0.717) is 44.0 Å². The van der Waals surface area contributed by atoms with E-state index in [1.165, 1.54) is 6.39 Å². The highest BCUT2D eigenvalue weighted by atomic mass is 35.5. The fourth-order valence-electron chi connectivity index (χ4n) is 3.95. The van der Waals surface area contributed by atoms with Gasteiger partial charge in [0.2, 0.25) is 5.24 Å². The van der Waals surface area contributed by atoms with E-state index in [9.17, 15) is 19.2 Å². The molecule has 51 heavy (non-hydrogen) atoms. The van der Waals surface area contributed by atoms with Gasteiger partial charge in [-0.05, 0) is 48.9 Å². The van der Waals surface area contributed by atoms with Crippen molar-refractivity contribution in [1.82, 2.24) is 9.97 Å². The van der Waals surface area contributed by atoms with Gasteiger partial charge in [-0.1, -0.05) is 98.4 Å². The van der Waals surface area contributed by atoms with Crippen molar-refractivity contribution in [2.75, 3.05) is 19.8 Å². The molecule has 0 saturated heterocycles. The highest BCUT2D eigenvalue weighted by Gasteiger charge is 2.18. The number of ether oxygens (including phenoxy) is 2. The second-order valence-corrected chi connectivity index (χ2v) is 10.2. The molecule has 0 bridgehead atoms. The van der Waals surface area contributed by atoms with Gasteiger partial charge in [0.1, 0.15) is 18.1 Å². The predicted molar refractivity (Wildman–Crippen MR) is 193 cm³/mol. The lowest BCUT2D eigenvalue weighted by Crippen LogP contribution is -2.08. The summed E-state index contributed by atoms with van der Waals surface area (Å²) in [5.74, 6) is -0.896. The zero-order valence-electron chi connectivity index (χ0n) is 27.7. The molecular weight excluding hydrogens is 678 g/mol. The first kappa shape index (κ1) is 43.1.